The van der Waals surface area contributed by atoms with E-state index in [1.165, 1.54) is 12.8 Å². The normalized spacial score (nSPS) is 19.2. The third-order valence-electron chi connectivity index (χ3n) is 3.36. The van der Waals surface area contributed by atoms with Crippen LogP contribution in [-0.2, 0) is 0 Å². The molecule has 1 heterocycles. The lowest BCUT2D eigenvalue weighted by Crippen LogP contribution is -2.37. The Kier molecular flexibility index (Phi) is 4.24. The minimum Gasteiger partial charge on any atom is -0.366 e. The van der Waals surface area contributed by atoms with E-state index >= 15 is 0 Å². The van der Waals surface area contributed by atoms with Crippen molar-refractivity contribution in [3.63, 3.8) is 0 Å². The van der Waals surface area contributed by atoms with Crippen LogP contribution in [0.1, 0.15) is 23.2 Å². The average Bonchev–Trinajstić information content (AvgIpc) is 2.77. The summed E-state index contributed by atoms with van der Waals surface area (Å²) in [6, 6.07) is 6.08. The van der Waals surface area contributed by atoms with Gasteiger partial charge in [-0.3, -0.25) is 4.79 Å². The molecule has 18 heavy (non-hydrogen) atoms. The van der Waals surface area contributed by atoms with Crippen LogP contribution in [0.4, 0.5) is 5.69 Å². The van der Waals surface area contributed by atoms with Crippen LogP contribution in [0.15, 0.2) is 22.7 Å². The third kappa shape index (κ3) is 2.67. The van der Waals surface area contributed by atoms with Crippen molar-refractivity contribution in [2.24, 2.45) is 5.73 Å². The Hall–Kier alpha value is -1.07. The maximum absolute atomic E-state index is 11.1. The summed E-state index contributed by atoms with van der Waals surface area (Å²) in [7, 11) is 1.97. The number of benzene rings is 1. The first-order valence-electron chi connectivity index (χ1n) is 6.14. The van der Waals surface area contributed by atoms with Crippen molar-refractivity contribution in [2.45, 2.75) is 18.9 Å². The SMILES string of the molecule is CNCC1CCCN1c1ccc(C(N)=O)cc1Br. The minimum absolute atomic E-state index is 0.393. The van der Waals surface area contributed by atoms with Crippen LogP contribution >= 0.6 is 15.9 Å². The maximum atomic E-state index is 11.1. The van der Waals surface area contributed by atoms with E-state index in [0.29, 0.717) is 11.6 Å². The number of nitrogens with one attached hydrogen (secondary N) is 1. The number of amides is 1. The lowest BCUT2D eigenvalue weighted by Gasteiger charge is -2.27. The molecule has 1 unspecified atom stereocenters. The van der Waals surface area contributed by atoms with Gasteiger partial charge in [0.1, 0.15) is 0 Å². The zero-order valence-electron chi connectivity index (χ0n) is 10.4. The molecule has 1 saturated heterocycles. The summed E-state index contributed by atoms with van der Waals surface area (Å²) in [5.41, 5.74) is 6.95. The van der Waals surface area contributed by atoms with Gasteiger partial charge in [-0.15, -0.1) is 0 Å². The van der Waals surface area contributed by atoms with E-state index in [0.717, 1.165) is 23.2 Å². The maximum Gasteiger partial charge on any atom is 0.248 e. The van der Waals surface area contributed by atoms with Gasteiger partial charge < -0.3 is 16.0 Å². The zero-order valence-corrected chi connectivity index (χ0v) is 12.0. The lowest BCUT2D eigenvalue weighted by molar-refractivity contribution is 0.100. The minimum atomic E-state index is -0.393. The molecule has 1 aliphatic heterocycles. The standard InChI is InChI=1S/C13H18BrN3O/c1-16-8-10-3-2-6-17(10)12-5-4-9(13(15)18)7-11(12)14/h4-5,7,10,16H,2-3,6,8H2,1H3,(H2,15,18). The average molecular weight is 312 g/mol. The number of likely N-dealkylation sites (N-methyl/N-ethyl adjacent to an activating group) is 1. The number of carbonyl (C=O) groups is 1. The van der Waals surface area contributed by atoms with Crippen molar-refractivity contribution < 1.29 is 4.79 Å². The van der Waals surface area contributed by atoms with E-state index in [-0.39, 0.29) is 0 Å². The highest BCUT2D eigenvalue weighted by Crippen LogP contribution is 2.32. The van der Waals surface area contributed by atoms with Gasteiger partial charge >= 0.3 is 0 Å². The Bertz CT molecular complexity index is 450. The lowest BCUT2D eigenvalue weighted by atomic mass is 10.1. The fourth-order valence-corrected chi connectivity index (χ4v) is 3.10. The van der Waals surface area contributed by atoms with Crippen molar-refractivity contribution in [2.75, 3.05) is 25.0 Å². The molecule has 0 aliphatic carbocycles. The zero-order chi connectivity index (χ0) is 13.1. The van der Waals surface area contributed by atoms with Gasteiger partial charge in [-0.05, 0) is 54.0 Å². The molecule has 1 aromatic carbocycles. The summed E-state index contributed by atoms with van der Waals surface area (Å²) >= 11 is 3.53. The second-order valence-electron chi connectivity index (χ2n) is 4.58. The topological polar surface area (TPSA) is 58.4 Å². The number of halogens is 1. The van der Waals surface area contributed by atoms with E-state index in [1.54, 1.807) is 12.1 Å². The molecule has 1 amide bonds. The molecular weight excluding hydrogens is 294 g/mol. The first kappa shape index (κ1) is 13.4. The van der Waals surface area contributed by atoms with Crippen molar-refractivity contribution in [1.82, 2.24) is 5.32 Å². The van der Waals surface area contributed by atoms with Crippen LogP contribution in [-0.4, -0.2) is 32.1 Å². The number of hydrogen-bond donors (Lipinski definition) is 2. The van der Waals surface area contributed by atoms with Crippen LogP contribution in [0.5, 0.6) is 0 Å². The number of carbonyl (C=O) groups excluding carboxylic acids is 1. The summed E-state index contributed by atoms with van der Waals surface area (Å²) in [6.07, 6.45) is 2.40. The highest BCUT2D eigenvalue weighted by atomic mass is 79.9. The largest absolute Gasteiger partial charge is 0.366 e. The van der Waals surface area contributed by atoms with Gasteiger partial charge in [0.05, 0.1) is 5.69 Å². The number of primary amides is 1. The molecule has 1 atom stereocenters. The van der Waals surface area contributed by atoms with Crippen LogP contribution in [0.3, 0.4) is 0 Å². The second kappa shape index (κ2) is 5.71. The highest BCUT2D eigenvalue weighted by Gasteiger charge is 2.25. The van der Waals surface area contributed by atoms with Crippen LogP contribution < -0.4 is 16.0 Å². The third-order valence-corrected chi connectivity index (χ3v) is 3.99. The molecule has 1 fully saturated rings. The van der Waals surface area contributed by atoms with Crippen molar-refractivity contribution in [3.8, 4) is 0 Å². The molecule has 98 valence electrons. The quantitative estimate of drug-likeness (QED) is 0.890. The molecule has 0 saturated carbocycles. The first-order chi connectivity index (χ1) is 8.63. The Morgan fingerprint density at radius 1 is 1.61 bits per heavy atom. The molecule has 0 radical (unpaired) electrons. The predicted octanol–water partition coefficient (Wildman–Crippen LogP) is 1.74. The van der Waals surface area contributed by atoms with Crippen LogP contribution in [0.25, 0.3) is 0 Å². The Balaban J connectivity index is 2.25. The molecular formula is C13H18BrN3O. The fourth-order valence-electron chi connectivity index (χ4n) is 2.49. The van der Waals surface area contributed by atoms with Crippen LogP contribution in [0, 0.1) is 0 Å². The number of hydrogen-bond acceptors (Lipinski definition) is 3. The monoisotopic (exact) mass is 311 g/mol. The van der Waals surface area contributed by atoms with E-state index in [4.69, 9.17) is 5.73 Å². The Morgan fingerprint density at radius 3 is 3.00 bits per heavy atom. The van der Waals surface area contributed by atoms with Gasteiger partial charge in [0.25, 0.3) is 0 Å². The summed E-state index contributed by atoms with van der Waals surface area (Å²) in [4.78, 5) is 13.5. The molecule has 0 aromatic heterocycles. The van der Waals surface area contributed by atoms with E-state index < -0.39 is 5.91 Å². The molecule has 1 aromatic rings. The first-order valence-corrected chi connectivity index (χ1v) is 6.93. The van der Waals surface area contributed by atoms with Gasteiger partial charge in [0, 0.05) is 29.2 Å². The number of anilines is 1. The Labute approximate surface area is 116 Å². The second-order valence-corrected chi connectivity index (χ2v) is 5.43. The Morgan fingerprint density at radius 2 is 2.39 bits per heavy atom. The number of nitrogens with two attached hydrogens (primary N) is 1. The van der Waals surface area contributed by atoms with Gasteiger partial charge in [0.15, 0.2) is 0 Å². The molecule has 5 heteroatoms. The molecule has 3 N–H and O–H groups in total. The molecule has 1 aliphatic rings. The molecule has 2 rings (SSSR count). The number of nitrogens with zero attached hydrogens (tertiary/aromatic N) is 1. The summed E-state index contributed by atoms with van der Waals surface area (Å²) in [5.74, 6) is -0.393. The van der Waals surface area contributed by atoms with Gasteiger partial charge in [0.2, 0.25) is 5.91 Å². The fraction of sp³-hybridized carbons (Fsp3) is 0.462. The van der Waals surface area contributed by atoms with Gasteiger partial charge in [-0.2, -0.15) is 0 Å². The van der Waals surface area contributed by atoms with Crippen molar-refractivity contribution >= 4 is 27.5 Å². The van der Waals surface area contributed by atoms with E-state index in [9.17, 15) is 4.79 Å². The molecule has 0 bridgehead atoms. The van der Waals surface area contributed by atoms with Gasteiger partial charge in [-0.1, -0.05) is 0 Å². The van der Waals surface area contributed by atoms with Crippen LogP contribution in [0.2, 0.25) is 0 Å². The summed E-state index contributed by atoms with van der Waals surface area (Å²) < 4.78 is 0.932. The summed E-state index contributed by atoms with van der Waals surface area (Å²) in [6.45, 7) is 2.03. The molecule has 4 nitrogen and oxygen atoms in total. The number of rotatable bonds is 4. The van der Waals surface area contributed by atoms with Crippen molar-refractivity contribution in [3.05, 3.63) is 28.2 Å². The van der Waals surface area contributed by atoms with E-state index in [2.05, 4.69) is 26.1 Å². The van der Waals surface area contributed by atoms with Gasteiger partial charge in [-0.25, -0.2) is 0 Å². The summed E-state index contributed by atoms with van der Waals surface area (Å²) in [5, 5.41) is 3.23. The van der Waals surface area contributed by atoms with Crippen molar-refractivity contribution in [1.29, 1.82) is 0 Å². The predicted molar refractivity (Wildman–Crippen MR) is 77.0 cm³/mol. The smallest absolute Gasteiger partial charge is 0.248 e. The molecule has 0 spiro atoms. The van der Waals surface area contributed by atoms with E-state index in [1.807, 2.05) is 13.1 Å². The highest BCUT2D eigenvalue weighted by molar-refractivity contribution is 9.10.